The van der Waals surface area contributed by atoms with Crippen LogP contribution in [-0.4, -0.2) is 27.6 Å². The van der Waals surface area contributed by atoms with Gasteiger partial charge in [0.2, 0.25) is 0 Å². The largest absolute Gasteiger partial charge is 0.352 e. The van der Waals surface area contributed by atoms with Gasteiger partial charge in [0.05, 0.1) is 22.5 Å². The number of nitrogens with one attached hydrogen (secondary N) is 2. The van der Waals surface area contributed by atoms with E-state index in [2.05, 4.69) is 30.0 Å². The summed E-state index contributed by atoms with van der Waals surface area (Å²) in [5, 5.41) is 7.73. The number of rotatable bonds is 6. The van der Waals surface area contributed by atoms with Crippen LogP contribution in [0.4, 0.5) is 0 Å². The lowest BCUT2D eigenvalue weighted by atomic mass is 9.98. The van der Waals surface area contributed by atoms with Crippen molar-refractivity contribution in [1.82, 2.24) is 20.5 Å². The highest BCUT2D eigenvalue weighted by atomic mass is 32.2. The Morgan fingerprint density at radius 2 is 1.76 bits per heavy atom. The molecular weight excluding hydrogens is 476 g/mol. The van der Waals surface area contributed by atoms with Crippen molar-refractivity contribution in [3.8, 4) is 0 Å². The van der Waals surface area contributed by atoms with Crippen molar-refractivity contribution in [2.75, 3.05) is 6.54 Å². The number of aryl methyl sites for hydroxylation is 4. The maximum atomic E-state index is 13.2. The highest BCUT2D eigenvalue weighted by molar-refractivity contribution is 7.99. The highest BCUT2D eigenvalue weighted by Gasteiger charge is 2.21. The quantitative estimate of drug-likeness (QED) is 0.278. The maximum absolute atomic E-state index is 13.2. The molecule has 0 atom stereocenters. The van der Waals surface area contributed by atoms with Crippen LogP contribution in [0.15, 0.2) is 34.1 Å². The fourth-order valence-corrected chi connectivity index (χ4v) is 5.83. The lowest BCUT2D eigenvalue weighted by molar-refractivity contribution is 0.0952. The number of aromatic nitrogens is 3. The maximum Gasteiger partial charge on any atom is 0.252 e. The van der Waals surface area contributed by atoms with Gasteiger partial charge in [0.15, 0.2) is 2.82 Å². The molecule has 0 aliphatic heterocycles. The van der Waals surface area contributed by atoms with Gasteiger partial charge in [-0.05, 0) is 126 Å². The summed E-state index contributed by atoms with van der Waals surface area (Å²) in [6.07, 6.45) is 2.02. The Kier molecular flexibility index (Phi) is 6.83. The van der Waals surface area contributed by atoms with Crippen LogP contribution in [0.25, 0.3) is 22.6 Å². The highest BCUT2D eigenvalue weighted by Crippen LogP contribution is 2.40. The molecule has 37 heavy (non-hydrogen) atoms. The number of fused-ring (bicyclic) bond motifs is 1. The summed E-state index contributed by atoms with van der Waals surface area (Å²) < 4.78 is 16.8. The lowest BCUT2D eigenvalue weighted by Crippen LogP contribution is -2.24. The van der Waals surface area contributed by atoms with Crippen LogP contribution in [-0.2, 0) is 0 Å². The minimum atomic E-state index is -0.301. The SMILES string of the molecule is [2H]N(CC)C(=O)c1c(Sc2cc3c(c(/C(C)=C/c4ccc(C)c(C)n4)nn3[2H])c(C)c2C)cc(C)c(C)c1C. The number of H-pyrrole nitrogens is 1. The summed E-state index contributed by atoms with van der Waals surface area (Å²) in [7, 11) is 0. The van der Waals surface area contributed by atoms with E-state index in [0.29, 0.717) is 17.6 Å². The molecule has 2 aromatic carbocycles. The summed E-state index contributed by atoms with van der Waals surface area (Å²) in [5.74, 6) is -0.301. The Hall–Kier alpha value is -3.38. The van der Waals surface area contributed by atoms with Crippen molar-refractivity contribution in [3.05, 3.63) is 80.3 Å². The third-order valence-corrected chi connectivity index (χ3v) is 8.48. The Morgan fingerprint density at radius 1 is 1.03 bits per heavy atom. The van der Waals surface area contributed by atoms with E-state index in [4.69, 9.17) is 2.82 Å². The van der Waals surface area contributed by atoms with Gasteiger partial charge in [0.25, 0.3) is 5.91 Å². The topological polar surface area (TPSA) is 70.7 Å². The standard InChI is InChI=1S/C31H36N4OS/c1-10-32-31(36)29-21(7)19(5)17(3)14-27(29)37-26-15-25-28(22(8)20(26)6)30(35-34-25)18(4)13-24-12-11-16(2)23(9)33-24/h11-15H,10H2,1-9H3,(H,32,36)(H,34,35)/b18-13+/i/hD2. The molecular formula is C31H36N4OS. The van der Waals surface area contributed by atoms with Crippen molar-refractivity contribution in [2.45, 2.75) is 72.1 Å². The normalized spacial score (nSPS) is 12.6. The van der Waals surface area contributed by atoms with E-state index in [1.54, 1.807) is 6.92 Å². The minimum absolute atomic E-state index is 0.301. The number of nitrogens with zero attached hydrogens (tertiary/aromatic N) is 2. The molecule has 0 radical (unpaired) electrons. The zero-order valence-corrected chi connectivity index (χ0v) is 24.0. The van der Waals surface area contributed by atoms with Gasteiger partial charge in [-0.25, -0.2) is 0 Å². The zero-order chi connectivity index (χ0) is 28.8. The molecule has 0 spiro atoms. The van der Waals surface area contributed by atoms with Gasteiger partial charge in [-0.15, -0.1) is 0 Å². The van der Waals surface area contributed by atoms with E-state index in [0.717, 1.165) is 76.5 Å². The van der Waals surface area contributed by atoms with Gasteiger partial charge >= 0.3 is 0 Å². The molecule has 0 saturated carbocycles. The molecule has 0 aliphatic rings. The molecule has 2 aromatic heterocycles. The smallest absolute Gasteiger partial charge is 0.252 e. The number of aromatic amines is 1. The second-order valence-electron chi connectivity index (χ2n) is 9.73. The number of allylic oxidation sites excluding steroid dienone is 1. The average Bonchev–Trinajstić information content (AvgIpc) is 3.23. The van der Waals surface area contributed by atoms with Crippen LogP contribution in [0, 0.1) is 48.5 Å². The van der Waals surface area contributed by atoms with Crippen LogP contribution in [0.3, 0.4) is 0 Å². The van der Waals surface area contributed by atoms with Crippen molar-refractivity contribution < 1.29 is 7.62 Å². The molecule has 0 bridgehead atoms. The second-order valence-corrected chi connectivity index (χ2v) is 10.8. The van der Waals surface area contributed by atoms with Crippen LogP contribution in [0.1, 0.15) is 74.7 Å². The van der Waals surface area contributed by atoms with E-state index in [1.165, 1.54) is 16.9 Å². The number of carbonyl (C=O) groups is 1. The number of hydrogen-bond acceptors (Lipinski definition) is 4. The molecule has 2 heterocycles. The lowest BCUT2D eigenvalue weighted by Gasteiger charge is -2.18. The van der Waals surface area contributed by atoms with E-state index in [1.807, 2.05) is 65.8 Å². The van der Waals surface area contributed by atoms with Gasteiger partial charge in [-0.2, -0.15) is 5.10 Å². The van der Waals surface area contributed by atoms with Crippen LogP contribution >= 0.6 is 11.8 Å². The summed E-state index contributed by atoms with van der Waals surface area (Å²) in [6, 6.07) is 8.09. The molecule has 6 heteroatoms. The van der Waals surface area contributed by atoms with Crippen molar-refractivity contribution in [3.63, 3.8) is 0 Å². The molecule has 1 amide bonds. The van der Waals surface area contributed by atoms with Gasteiger partial charge in [-0.1, -0.05) is 17.8 Å². The molecule has 4 aromatic rings. The van der Waals surface area contributed by atoms with Gasteiger partial charge in [-0.3, -0.25) is 14.9 Å². The molecule has 0 saturated heterocycles. The predicted molar refractivity (Wildman–Crippen MR) is 156 cm³/mol. The minimum Gasteiger partial charge on any atom is -0.352 e. The fourth-order valence-electron chi connectivity index (χ4n) is 4.54. The first-order valence-corrected chi connectivity index (χ1v) is 13.4. The fraction of sp³-hybridized carbons (Fsp3) is 0.323. The van der Waals surface area contributed by atoms with E-state index in [-0.39, 0.29) is 5.91 Å². The van der Waals surface area contributed by atoms with Gasteiger partial charge < -0.3 is 5.31 Å². The van der Waals surface area contributed by atoms with E-state index in [9.17, 15) is 4.79 Å². The number of hydrogen-bond donors (Lipinski definition) is 2. The number of benzene rings is 2. The van der Waals surface area contributed by atoms with Crippen molar-refractivity contribution in [2.24, 2.45) is 0 Å². The molecule has 0 aliphatic carbocycles. The van der Waals surface area contributed by atoms with Crippen LogP contribution < -0.4 is 5.31 Å². The molecule has 2 N–H and O–H groups in total. The van der Waals surface area contributed by atoms with Crippen molar-refractivity contribution >= 4 is 40.2 Å². The molecule has 5 nitrogen and oxygen atoms in total. The first-order valence-electron chi connectivity index (χ1n) is 13.5. The molecule has 4 rings (SSSR count). The van der Waals surface area contributed by atoms with Gasteiger partial charge in [0, 0.05) is 27.4 Å². The average molecular weight is 515 g/mol. The Balaban J connectivity index is 1.84. The van der Waals surface area contributed by atoms with E-state index < -0.39 is 0 Å². The summed E-state index contributed by atoms with van der Waals surface area (Å²) in [4.78, 5) is 19.7. The Labute approximate surface area is 227 Å². The van der Waals surface area contributed by atoms with Crippen molar-refractivity contribution in [1.29, 1.82) is 0 Å². The third kappa shape index (κ3) is 5.08. The first-order chi connectivity index (χ1) is 18.3. The number of pyridine rings is 1. The monoisotopic (exact) mass is 514 g/mol. The van der Waals surface area contributed by atoms with Crippen LogP contribution in [0.5, 0.6) is 0 Å². The molecule has 0 fully saturated rings. The van der Waals surface area contributed by atoms with E-state index >= 15 is 0 Å². The summed E-state index contributed by atoms with van der Waals surface area (Å²) >= 11 is 1.52. The Bertz CT molecular complexity index is 1660. The van der Waals surface area contributed by atoms with Gasteiger partial charge in [0.1, 0.15) is 0 Å². The summed E-state index contributed by atoms with van der Waals surface area (Å²) in [6.45, 7) is 18.3. The number of carbonyl (C=O) groups excluding carboxylic acids is 1. The molecule has 0 unspecified atom stereocenters. The predicted octanol–water partition coefficient (Wildman–Crippen LogP) is 7.58. The number of amides is 1. The van der Waals surface area contributed by atoms with Crippen LogP contribution in [0.2, 0.25) is 2.82 Å². The summed E-state index contributed by atoms with van der Waals surface area (Å²) in [5.41, 5.74) is 11.2. The second kappa shape index (κ2) is 10.5. The third-order valence-electron chi connectivity index (χ3n) is 7.29. The Morgan fingerprint density at radius 3 is 2.43 bits per heavy atom. The molecule has 192 valence electrons. The zero-order valence-electron chi connectivity index (χ0n) is 25.2. The first kappa shape index (κ1) is 24.0.